The highest BCUT2D eigenvalue weighted by Gasteiger charge is 2.28. The Labute approximate surface area is 180 Å². The van der Waals surface area contributed by atoms with Crippen LogP contribution in [-0.4, -0.2) is 68.7 Å². The highest BCUT2D eigenvalue weighted by atomic mass is 19.1. The Morgan fingerprint density at radius 3 is 2.65 bits per heavy atom. The number of piperidine rings is 1. The van der Waals surface area contributed by atoms with Gasteiger partial charge in [-0.1, -0.05) is 0 Å². The van der Waals surface area contributed by atoms with Crippen molar-refractivity contribution < 1.29 is 9.13 Å². The van der Waals surface area contributed by atoms with Gasteiger partial charge < -0.3 is 14.5 Å². The smallest absolute Gasteiger partial charge is 0.229 e. The van der Waals surface area contributed by atoms with Gasteiger partial charge in [0.2, 0.25) is 5.95 Å². The van der Waals surface area contributed by atoms with E-state index in [2.05, 4.69) is 15.0 Å². The number of ether oxygens (including phenoxy) is 1. The first-order chi connectivity index (χ1) is 15.0. The minimum absolute atomic E-state index is 0.110. The van der Waals surface area contributed by atoms with Crippen LogP contribution >= 0.6 is 0 Å². The number of morpholine rings is 1. The number of anilines is 2. The second-order valence-electron chi connectivity index (χ2n) is 8.35. The minimum atomic E-state index is -0.861. The van der Waals surface area contributed by atoms with Gasteiger partial charge in [-0.3, -0.25) is 4.68 Å². The number of aryl methyl sites for hydroxylation is 3. The summed E-state index contributed by atoms with van der Waals surface area (Å²) in [6.45, 7) is 6.77. The van der Waals surface area contributed by atoms with Crippen molar-refractivity contribution in [2.75, 3.05) is 42.6 Å². The Bertz CT molecular complexity index is 1100. The number of alkyl halides is 1. The van der Waals surface area contributed by atoms with Crippen molar-refractivity contribution >= 4 is 22.9 Å². The van der Waals surface area contributed by atoms with Crippen LogP contribution < -0.4 is 9.80 Å². The van der Waals surface area contributed by atoms with Gasteiger partial charge in [0, 0.05) is 31.9 Å². The zero-order valence-electron chi connectivity index (χ0n) is 18.1. The first kappa shape index (κ1) is 20.0. The summed E-state index contributed by atoms with van der Waals surface area (Å²) in [6, 6.07) is 0. The summed E-state index contributed by atoms with van der Waals surface area (Å²) < 4.78 is 21.9. The van der Waals surface area contributed by atoms with Gasteiger partial charge in [0.15, 0.2) is 17.0 Å². The molecule has 0 aliphatic carbocycles. The summed E-state index contributed by atoms with van der Waals surface area (Å²) in [6.07, 6.45) is 4.20. The van der Waals surface area contributed by atoms with Gasteiger partial charge in [-0.15, -0.1) is 0 Å². The molecule has 0 amide bonds. The summed E-state index contributed by atoms with van der Waals surface area (Å²) in [5.41, 5.74) is 3.88. The molecule has 10 heteroatoms. The van der Waals surface area contributed by atoms with Gasteiger partial charge in [-0.25, -0.2) is 14.4 Å². The monoisotopic (exact) mass is 426 g/mol. The van der Waals surface area contributed by atoms with E-state index in [4.69, 9.17) is 19.7 Å². The van der Waals surface area contributed by atoms with Gasteiger partial charge in [-0.2, -0.15) is 15.1 Å². The summed E-state index contributed by atoms with van der Waals surface area (Å²) >= 11 is 0. The molecule has 0 spiro atoms. The number of aromatic nitrogens is 6. The van der Waals surface area contributed by atoms with Crippen molar-refractivity contribution in [2.45, 2.75) is 39.0 Å². The lowest BCUT2D eigenvalue weighted by molar-refractivity contribution is 0.0392. The number of rotatable bonds is 3. The molecule has 3 aromatic rings. The lowest BCUT2D eigenvalue weighted by Crippen LogP contribution is -2.40. The second-order valence-corrected chi connectivity index (χ2v) is 8.35. The summed E-state index contributed by atoms with van der Waals surface area (Å²) in [5.74, 6) is 1.25. The van der Waals surface area contributed by atoms with Crippen molar-refractivity contribution in [3.05, 3.63) is 29.3 Å². The van der Waals surface area contributed by atoms with Gasteiger partial charge in [0.05, 0.1) is 37.3 Å². The van der Waals surface area contributed by atoms with E-state index < -0.39 is 6.17 Å². The topological polar surface area (TPSA) is 85.1 Å². The Morgan fingerprint density at radius 2 is 1.87 bits per heavy atom. The molecule has 5 heterocycles. The maximum absolute atomic E-state index is 14.2. The SMILES string of the molecule is Cc1nc2nc(N3CCOC(c4cnn(C)c4)C3)nc(N3CCCC(F)C3)c2nc1C. The van der Waals surface area contributed by atoms with E-state index >= 15 is 0 Å². The second kappa shape index (κ2) is 7.99. The van der Waals surface area contributed by atoms with Crippen LogP contribution in [0.3, 0.4) is 0 Å². The zero-order chi connectivity index (χ0) is 21.5. The molecule has 2 aliphatic heterocycles. The van der Waals surface area contributed by atoms with Crippen LogP contribution in [0, 0.1) is 13.8 Å². The molecule has 2 unspecified atom stereocenters. The molecule has 0 bridgehead atoms. The van der Waals surface area contributed by atoms with Crippen LogP contribution in [0.25, 0.3) is 11.2 Å². The minimum Gasteiger partial charge on any atom is -0.370 e. The lowest BCUT2D eigenvalue weighted by Gasteiger charge is -2.34. The standard InChI is InChI=1S/C21H27FN8O/c1-13-14(2)25-19-18(24-13)20(29-6-4-5-16(22)11-29)27-21(26-19)30-7-8-31-17(12-30)15-9-23-28(3)10-15/h9-10,16-17H,4-8,11-12H2,1-3H3. The van der Waals surface area contributed by atoms with Crippen molar-refractivity contribution in [2.24, 2.45) is 7.05 Å². The van der Waals surface area contributed by atoms with Gasteiger partial charge in [0.1, 0.15) is 12.3 Å². The van der Waals surface area contributed by atoms with E-state index in [1.54, 1.807) is 4.68 Å². The third-order valence-electron chi connectivity index (χ3n) is 6.02. The molecule has 5 rings (SSSR count). The summed E-state index contributed by atoms with van der Waals surface area (Å²) in [5, 5.41) is 4.26. The van der Waals surface area contributed by atoms with Crippen LogP contribution in [0.15, 0.2) is 12.4 Å². The third-order valence-corrected chi connectivity index (χ3v) is 6.02. The molecule has 0 saturated carbocycles. The molecule has 0 aromatic carbocycles. The Kier molecular flexibility index (Phi) is 5.17. The van der Waals surface area contributed by atoms with E-state index in [0.29, 0.717) is 55.6 Å². The Balaban J connectivity index is 1.54. The van der Waals surface area contributed by atoms with Gasteiger partial charge >= 0.3 is 0 Å². The molecule has 2 fully saturated rings. The van der Waals surface area contributed by atoms with Crippen molar-refractivity contribution in [1.29, 1.82) is 0 Å². The molecule has 0 N–H and O–H groups in total. The average molecular weight is 427 g/mol. The number of hydrogen-bond acceptors (Lipinski definition) is 8. The summed E-state index contributed by atoms with van der Waals surface area (Å²) in [4.78, 5) is 23.1. The maximum atomic E-state index is 14.2. The van der Waals surface area contributed by atoms with Crippen LogP contribution in [0.1, 0.15) is 35.9 Å². The average Bonchev–Trinajstić information content (AvgIpc) is 3.20. The van der Waals surface area contributed by atoms with Crippen molar-refractivity contribution in [3.63, 3.8) is 0 Å². The first-order valence-electron chi connectivity index (χ1n) is 10.7. The number of halogens is 1. The predicted octanol–water partition coefficient (Wildman–Crippen LogP) is 2.29. The molecule has 3 aromatic heterocycles. The van der Waals surface area contributed by atoms with Crippen molar-refractivity contribution in [3.8, 4) is 0 Å². The van der Waals surface area contributed by atoms with E-state index in [9.17, 15) is 4.39 Å². The van der Waals surface area contributed by atoms with Gasteiger partial charge in [0.25, 0.3) is 0 Å². The van der Waals surface area contributed by atoms with Gasteiger partial charge in [-0.05, 0) is 26.7 Å². The van der Waals surface area contributed by atoms with E-state index in [1.165, 1.54) is 0 Å². The predicted molar refractivity (Wildman–Crippen MR) is 115 cm³/mol. The van der Waals surface area contributed by atoms with Crippen LogP contribution in [0.4, 0.5) is 16.2 Å². The first-order valence-corrected chi connectivity index (χ1v) is 10.7. The molecule has 2 aliphatic rings. The van der Waals surface area contributed by atoms with E-state index in [0.717, 1.165) is 29.9 Å². The number of nitrogens with zero attached hydrogens (tertiary/aromatic N) is 8. The van der Waals surface area contributed by atoms with Crippen LogP contribution in [0.5, 0.6) is 0 Å². The molecule has 2 saturated heterocycles. The molecule has 31 heavy (non-hydrogen) atoms. The fourth-order valence-electron chi connectivity index (χ4n) is 4.21. The fraction of sp³-hybridized carbons (Fsp3) is 0.571. The largest absolute Gasteiger partial charge is 0.370 e. The maximum Gasteiger partial charge on any atom is 0.229 e. The highest BCUT2D eigenvalue weighted by molar-refractivity contribution is 5.84. The molecule has 0 radical (unpaired) electrons. The Hall–Kier alpha value is -2.88. The molecular formula is C21H27FN8O. The lowest BCUT2D eigenvalue weighted by atomic mass is 10.1. The summed E-state index contributed by atoms with van der Waals surface area (Å²) in [7, 11) is 1.89. The molecular weight excluding hydrogens is 399 g/mol. The van der Waals surface area contributed by atoms with Crippen LogP contribution in [-0.2, 0) is 11.8 Å². The number of fused-ring (bicyclic) bond motifs is 1. The fourth-order valence-corrected chi connectivity index (χ4v) is 4.21. The molecule has 164 valence electrons. The third kappa shape index (κ3) is 3.91. The van der Waals surface area contributed by atoms with E-state index in [1.807, 2.05) is 38.2 Å². The quantitative estimate of drug-likeness (QED) is 0.631. The Morgan fingerprint density at radius 1 is 1.03 bits per heavy atom. The van der Waals surface area contributed by atoms with E-state index in [-0.39, 0.29) is 6.10 Å². The molecule has 9 nitrogen and oxygen atoms in total. The number of hydrogen-bond donors (Lipinski definition) is 0. The van der Waals surface area contributed by atoms with Crippen molar-refractivity contribution in [1.82, 2.24) is 29.7 Å². The zero-order valence-corrected chi connectivity index (χ0v) is 18.1. The van der Waals surface area contributed by atoms with Crippen LogP contribution in [0.2, 0.25) is 0 Å². The highest BCUT2D eigenvalue weighted by Crippen LogP contribution is 2.30. The normalized spacial score (nSPS) is 22.3. The molecule has 2 atom stereocenters.